The molecule has 1 aromatic rings. The second-order valence-electron chi connectivity index (χ2n) is 4.88. The molecule has 1 heterocycles. The summed E-state index contributed by atoms with van der Waals surface area (Å²) in [5.41, 5.74) is 2.12. The second-order valence-corrected chi connectivity index (χ2v) is 5.98. The number of nitrogens with one attached hydrogen (secondary N) is 5. The quantitative estimate of drug-likeness (QED) is 0.141. The van der Waals surface area contributed by atoms with Crippen molar-refractivity contribution in [2.24, 2.45) is 4.99 Å². The van der Waals surface area contributed by atoms with Crippen LogP contribution < -0.4 is 16.0 Å². The van der Waals surface area contributed by atoms with Crippen LogP contribution in [-0.4, -0.2) is 59.2 Å². The van der Waals surface area contributed by atoms with Crippen molar-refractivity contribution in [3.05, 3.63) is 17.7 Å². The number of guanidine groups is 2. The van der Waals surface area contributed by atoms with E-state index in [1.54, 1.807) is 24.3 Å². The number of hydrogen-bond donors (Lipinski definition) is 5. The van der Waals surface area contributed by atoms with Gasteiger partial charge < -0.3 is 20.9 Å². The lowest BCUT2D eigenvalue weighted by molar-refractivity contribution is 0.644. The van der Waals surface area contributed by atoms with Gasteiger partial charge in [0.2, 0.25) is 18.1 Å². The zero-order valence-electron chi connectivity index (χ0n) is 14.3. The summed E-state index contributed by atoms with van der Waals surface area (Å²) < 4.78 is 0. The molecule has 1 rings (SSSR count). The SMILES string of the molecule is Cc1[nH]cnc1CSCCNC(=NC#N)NCCNC(=N)N(C)C#N. The third-order valence-electron chi connectivity index (χ3n) is 3.07. The van der Waals surface area contributed by atoms with Crippen LogP contribution in [0.2, 0.25) is 0 Å². The Bertz CT molecular complexity index is 653. The van der Waals surface area contributed by atoms with E-state index in [4.69, 9.17) is 15.9 Å². The molecule has 0 amide bonds. The van der Waals surface area contributed by atoms with Crippen LogP contribution in [-0.2, 0) is 5.75 Å². The lowest BCUT2D eigenvalue weighted by atomic mass is 10.4. The van der Waals surface area contributed by atoms with Crippen LogP contribution in [0.1, 0.15) is 11.4 Å². The number of hydrogen-bond acceptors (Lipinski definition) is 6. The standard InChI is InChI=1S/C14H22N10S/c1-11-12(23-10-22-11)7-25-6-5-20-14(21-8-15)19-4-3-18-13(17)24(2)9-16/h10H,3-7H2,1-2H3,(H2,17,18)(H,22,23)(H2,19,20,21). The van der Waals surface area contributed by atoms with Gasteiger partial charge in [-0.25, -0.2) is 4.98 Å². The Morgan fingerprint density at radius 2 is 2.08 bits per heavy atom. The molecule has 0 unspecified atom stereocenters. The normalized spacial score (nSPS) is 10.5. The number of aliphatic imine (C=N–C) groups is 1. The van der Waals surface area contributed by atoms with E-state index in [0.717, 1.165) is 27.8 Å². The topological polar surface area (TPSA) is 152 Å². The first-order valence-electron chi connectivity index (χ1n) is 7.55. The molecule has 0 radical (unpaired) electrons. The molecule has 0 saturated heterocycles. The molecule has 5 N–H and O–H groups in total. The predicted molar refractivity (Wildman–Crippen MR) is 97.6 cm³/mol. The minimum atomic E-state index is 0.0149. The summed E-state index contributed by atoms with van der Waals surface area (Å²) in [6.45, 7) is 3.52. The number of nitriles is 2. The number of nitrogens with zero attached hydrogens (tertiary/aromatic N) is 5. The summed E-state index contributed by atoms with van der Waals surface area (Å²) in [5, 5.41) is 33.7. The van der Waals surface area contributed by atoms with Crippen LogP contribution in [0, 0.1) is 35.2 Å². The van der Waals surface area contributed by atoms with E-state index in [1.807, 2.05) is 13.1 Å². The minimum absolute atomic E-state index is 0.0149. The zero-order chi connectivity index (χ0) is 18.5. The van der Waals surface area contributed by atoms with Crippen molar-refractivity contribution < 1.29 is 0 Å². The minimum Gasteiger partial charge on any atom is -0.355 e. The van der Waals surface area contributed by atoms with Crippen LogP contribution in [0.5, 0.6) is 0 Å². The molecular formula is C14H22N10S. The molecule has 10 nitrogen and oxygen atoms in total. The average Bonchev–Trinajstić information content (AvgIpc) is 3.02. The lowest BCUT2D eigenvalue weighted by Gasteiger charge is -2.14. The van der Waals surface area contributed by atoms with Crippen molar-refractivity contribution in [3.63, 3.8) is 0 Å². The van der Waals surface area contributed by atoms with Gasteiger partial charge in [0.05, 0.1) is 12.0 Å². The lowest BCUT2D eigenvalue weighted by Crippen LogP contribution is -2.44. The van der Waals surface area contributed by atoms with Crippen LogP contribution >= 0.6 is 11.8 Å². The second kappa shape index (κ2) is 11.6. The highest BCUT2D eigenvalue weighted by molar-refractivity contribution is 7.98. The maximum Gasteiger partial charge on any atom is 0.209 e. The number of H-pyrrole nitrogens is 1. The highest BCUT2D eigenvalue weighted by Crippen LogP contribution is 2.11. The molecule has 0 atom stereocenters. The van der Waals surface area contributed by atoms with Crippen molar-refractivity contribution in [1.29, 1.82) is 15.9 Å². The molecule has 0 saturated carbocycles. The van der Waals surface area contributed by atoms with Crippen LogP contribution in [0.4, 0.5) is 0 Å². The van der Waals surface area contributed by atoms with Gasteiger partial charge in [-0.15, -0.1) is 4.99 Å². The molecule has 0 aliphatic heterocycles. The molecule has 0 aliphatic carbocycles. The summed E-state index contributed by atoms with van der Waals surface area (Å²) in [4.78, 5) is 12.1. The Balaban J connectivity index is 2.19. The fourth-order valence-electron chi connectivity index (χ4n) is 1.67. The fourth-order valence-corrected chi connectivity index (χ4v) is 2.54. The highest BCUT2D eigenvalue weighted by Gasteiger charge is 2.03. The molecule has 0 spiro atoms. The summed E-state index contributed by atoms with van der Waals surface area (Å²) in [6, 6.07) is 0. The first-order chi connectivity index (χ1) is 12.1. The zero-order valence-corrected chi connectivity index (χ0v) is 15.1. The molecule has 0 aromatic carbocycles. The fraction of sp³-hybridized carbons (Fsp3) is 0.500. The van der Waals surface area contributed by atoms with Gasteiger partial charge in [-0.3, -0.25) is 10.3 Å². The van der Waals surface area contributed by atoms with Crippen molar-refractivity contribution in [2.45, 2.75) is 12.7 Å². The smallest absolute Gasteiger partial charge is 0.209 e. The van der Waals surface area contributed by atoms with Gasteiger partial charge in [0.1, 0.15) is 0 Å². The highest BCUT2D eigenvalue weighted by atomic mass is 32.2. The Labute approximate surface area is 151 Å². The maximum atomic E-state index is 8.72. The maximum absolute atomic E-state index is 8.72. The summed E-state index contributed by atoms with van der Waals surface area (Å²) in [6.07, 6.45) is 5.26. The van der Waals surface area contributed by atoms with Gasteiger partial charge in [0, 0.05) is 43.9 Å². The van der Waals surface area contributed by atoms with E-state index in [1.165, 1.54) is 7.05 Å². The van der Waals surface area contributed by atoms with Crippen molar-refractivity contribution in [3.8, 4) is 12.4 Å². The van der Waals surface area contributed by atoms with Crippen LogP contribution in [0.25, 0.3) is 0 Å². The largest absolute Gasteiger partial charge is 0.355 e. The number of aromatic nitrogens is 2. The Kier molecular flexibility index (Phi) is 9.33. The first kappa shape index (κ1) is 20.1. The summed E-state index contributed by atoms with van der Waals surface area (Å²) in [5.74, 6) is 2.07. The summed E-state index contributed by atoms with van der Waals surface area (Å²) in [7, 11) is 1.50. The third kappa shape index (κ3) is 7.94. The van der Waals surface area contributed by atoms with Crippen molar-refractivity contribution in [2.75, 3.05) is 32.4 Å². The van der Waals surface area contributed by atoms with Gasteiger partial charge in [0.15, 0.2) is 6.19 Å². The first-order valence-corrected chi connectivity index (χ1v) is 8.71. The van der Waals surface area contributed by atoms with E-state index < -0.39 is 0 Å². The number of aromatic amines is 1. The van der Waals surface area contributed by atoms with E-state index >= 15 is 0 Å². The van der Waals surface area contributed by atoms with Gasteiger partial charge in [-0.05, 0) is 6.92 Å². The molecule has 1 aromatic heterocycles. The van der Waals surface area contributed by atoms with E-state index in [0.29, 0.717) is 25.6 Å². The van der Waals surface area contributed by atoms with Crippen molar-refractivity contribution >= 4 is 23.7 Å². The van der Waals surface area contributed by atoms with Gasteiger partial charge in [-0.1, -0.05) is 0 Å². The molecule has 11 heteroatoms. The van der Waals surface area contributed by atoms with Gasteiger partial charge in [-0.2, -0.15) is 22.3 Å². The molecule has 25 heavy (non-hydrogen) atoms. The predicted octanol–water partition coefficient (Wildman–Crippen LogP) is -0.0951. The molecule has 134 valence electrons. The van der Waals surface area contributed by atoms with Crippen LogP contribution in [0.3, 0.4) is 0 Å². The van der Waals surface area contributed by atoms with Gasteiger partial charge >= 0.3 is 0 Å². The van der Waals surface area contributed by atoms with E-state index in [2.05, 4.69) is 30.9 Å². The number of imidazole rings is 1. The average molecular weight is 362 g/mol. The third-order valence-corrected chi connectivity index (χ3v) is 4.04. The number of aryl methyl sites for hydroxylation is 1. The van der Waals surface area contributed by atoms with Crippen LogP contribution in [0.15, 0.2) is 11.3 Å². The Morgan fingerprint density at radius 3 is 2.72 bits per heavy atom. The molecule has 0 fully saturated rings. The monoisotopic (exact) mass is 362 g/mol. The summed E-state index contributed by atoms with van der Waals surface area (Å²) >= 11 is 1.74. The van der Waals surface area contributed by atoms with E-state index in [9.17, 15) is 0 Å². The molecular weight excluding hydrogens is 340 g/mol. The number of rotatable bonds is 8. The molecule has 0 aliphatic rings. The Morgan fingerprint density at radius 1 is 1.36 bits per heavy atom. The van der Waals surface area contributed by atoms with Crippen molar-refractivity contribution in [1.82, 2.24) is 30.8 Å². The Hall–Kier alpha value is -2.92. The number of thioether (sulfide) groups is 1. The van der Waals surface area contributed by atoms with E-state index in [-0.39, 0.29) is 5.96 Å². The molecule has 0 bridgehead atoms. The van der Waals surface area contributed by atoms with Gasteiger partial charge in [0.25, 0.3) is 0 Å².